The molecule has 3 N–H and O–H groups in total. The molecule has 27 nitrogen and oxygen atoms in total. The van der Waals surface area contributed by atoms with Crippen LogP contribution in [0.2, 0.25) is 0 Å². The maximum absolute atomic E-state index is 14.0. The number of aromatic hydroxyl groups is 1. The third-order valence-electron chi connectivity index (χ3n) is 27.2. The Kier molecular flexibility index (Phi) is 21.8. The summed E-state index contributed by atoms with van der Waals surface area (Å²) in [4.78, 5) is 81.6. The third kappa shape index (κ3) is 13.5. The van der Waals surface area contributed by atoms with Crippen molar-refractivity contribution in [2.45, 2.75) is 81.1 Å². The average molecular weight is 1780 g/mol. The van der Waals surface area contributed by atoms with Crippen molar-refractivity contribution in [3.05, 3.63) is 302 Å². The summed E-state index contributed by atoms with van der Waals surface area (Å²) in [5, 5.41) is 23.7. The number of rotatable bonds is 7. The van der Waals surface area contributed by atoms with Gasteiger partial charge in [0.25, 0.3) is 0 Å². The average Bonchev–Trinajstić information content (AvgIpc) is 1.54. The van der Waals surface area contributed by atoms with Crippen LogP contribution in [0.1, 0.15) is 104 Å². The number of phenolic OH excluding ortho intramolecular Hbond substituents is 1. The highest BCUT2D eigenvalue weighted by Crippen LogP contribution is 2.60. The Morgan fingerprint density at radius 1 is 0.333 bits per heavy atom. The largest absolute Gasteiger partial charge is 0.507 e. The van der Waals surface area contributed by atoms with Gasteiger partial charge < -0.3 is 96.7 Å². The van der Waals surface area contributed by atoms with E-state index in [4.69, 9.17) is 61.6 Å². The van der Waals surface area contributed by atoms with Crippen LogP contribution in [-0.4, -0.2) is 163 Å². The maximum Gasteiger partial charge on any atom is 0.246 e. The summed E-state index contributed by atoms with van der Waals surface area (Å²) in [7, 11) is 5.32. The molecule has 0 fully saturated rings. The number of carbonyl (C=O) groups is 5. The van der Waals surface area contributed by atoms with Crippen molar-refractivity contribution in [1.29, 1.82) is 0 Å². The summed E-state index contributed by atoms with van der Waals surface area (Å²) >= 11 is 0. The van der Waals surface area contributed by atoms with E-state index in [2.05, 4.69) is 48.2 Å². The van der Waals surface area contributed by atoms with Crippen LogP contribution in [0.3, 0.4) is 0 Å². The summed E-state index contributed by atoms with van der Waals surface area (Å²) in [5.74, 6) is 8.20. The normalized spacial score (nSPS) is 21.4. The highest BCUT2D eigenvalue weighted by atomic mass is 16.6. The van der Waals surface area contributed by atoms with Gasteiger partial charge in [-0.3, -0.25) is 33.9 Å². The van der Waals surface area contributed by atoms with Gasteiger partial charge >= 0.3 is 0 Å². The fourth-order valence-electron chi connectivity index (χ4n) is 20.6. The number of pyridine rings is 2. The molecule has 0 radical (unpaired) electrons. The summed E-state index contributed by atoms with van der Waals surface area (Å²) in [6.45, 7) is 16.2. The molecule has 15 heterocycles. The SMILES string of the molecule is CC[C@]1(c2cc3c(cc2C)OCCO3)C(=O)N(C)c2ccccc21.CCc1ncccc1C.CN1C(=O)[C@@]2(COc3cc4c(cc32)OCCO4)c2ccccc21.CN1C(=O)[C@](CO)(c2cc3c(cc2O)OCCO3)c2ccccc21.Cc1cccnc1CN1C(=O)[C@@]2(COc3cc4c(cc32)OCCO4)c2ccccc21.O=C1Nc2ccccc2[C@]12COc1cc3c(cc12)OCCO3. The number of para-hydroxylation sites is 5. The molecule has 5 amide bonds. The molecule has 13 aliphatic rings. The Balaban J connectivity index is 0.000000101. The molecular weight excluding hydrogens is 1680 g/mol. The summed E-state index contributed by atoms with van der Waals surface area (Å²) in [6, 6.07) is 65.1. The highest BCUT2D eigenvalue weighted by molar-refractivity contribution is 6.15. The van der Waals surface area contributed by atoms with Gasteiger partial charge in [-0.1, -0.05) is 117 Å². The van der Waals surface area contributed by atoms with Gasteiger partial charge in [0.1, 0.15) is 136 Å². The molecule has 0 bridgehead atoms. The minimum Gasteiger partial charge on any atom is -0.507 e. The van der Waals surface area contributed by atoms with Crippen LogP contribution >= 0.6 is 0 Å². The van der Waals surface area contributed by atoms with Crippen LogP contribution in [0.25, 0.3) is 0 Å². The minimum absolute atomic E-state index is 0.00387. The smallest absolute Gasteiger partial charge is 0.246 e. The summed E-state index contributed by atoms with van der Waals surface area (Å²) in [5.41, 5.74) is 13.9. The quantitative estimate of drug-likeness (QED) is 0.134. The molecule has 10 aromatic carbocycles. The number of carbonyl (C=O) groups excluding carboxylic acids is 5. The number of ether oxygens (including phenoxy) is 13. The lowest BCUT2D eigenvalue weighted by molar-refractivity contribution is -0.123. The molecule has 0 unspecified atom stereocenters. The standard InChI is InChI=1S/C24H20N2O4.C20H21NO3.C18H17NO5.C18H15NO4.C17H13NO4.C8H11N/c1-15-5-4-8-25-18(15)13-26-19-7-3-2-6-16(19)24(23(26)27)14-30-20-12-22-21(11-17(20)24)28-9-10-29-22;1-4-20(14-7-5-6-8-16(14)21(3)19(20)22)15-12-18-17(11-13(15)2)23-9-10-24-18;1-19-13-5-3-2-4-11(13)18(10-20,17(19)22)12-8-15-16(9-14(12)21)24-7-6-23-15;1-19-13-5-3-2-4-11(13)18(17(19)20)10-23-14-9-16-15(8-12(14)18)21-6-7-22-16;19-16-17(10-3-1-2-4-12(10)18-16)9-22-13-8-15-14(7-11(13)17)20-5-6-21-15;1-3-8-7(2)5-4-6-9-8/h2-8,11-12H,9-10,13-14H2,1H3;5-8,11-12H,4,9-10H2,1-3H3;2-5,8-9,20-21H,6-7,10H2,1H3;2-5,8-9H,6-7,10H2,1H3;1-4,7-8H,5-6,9H2,(H,18,19);4-6H,3H2,1-2H3/t24-;20-;2*18-;17-;/m00000./s1. The van der Waals surface area contributed by atoms with Crippen LogP contribution in [0, 0.1) is 20.8 Å². The number of nitrogens with one attached hydrogen (secondary N) is 1. The number of benzene rings is 10. The topological polar surface area (TPSA) is 297 Å². The first-order valence-corrected chi connectivity index (χ1v) is 44.3. The molecule has 3 spiro atoms. The van der Waals surface area contributed by atoms with Gasteiger partial charge in [0.05, 0.1) is 18.8 Å². The van der Waals surface area contributed by atoms with Gasteiger partial charge in [-0.15, -0.1) is 0 Å². The molecule has 25 rings (SSSR count). The second-order valence-corrected chi connectivity index (χ2v) is 34.1. The van der Waals surface area contributed by atoms with Crippen molar-refractivity contribution < 1.29 is 95.8 Å². The molecule has 0 saturated heterocycles. The number of phenols is 1. The first-order chi connectivity index (χ1) is 64.2. The molecule has 672 valence electrons. The number of hydrogen-bond donors (Lipinski definition) is 3. The van der Waals surface area contributed by atoms with Gasteiger partial charge in [-0.05, 0) is 163 Å². The van der Waals surface area contributed by atoms with E-state index in [0.717, 1.165) is 102 Å². The number of hydrogen-bond acceptors (Lipinski definition) is 22. The highest BCUT2D eigenvalue weighted by Gasteiger charge is 2.61. The zero-order valence-corrected chi connectivity index (χ0v) is 74.2. The Morgan fingerprint density at radius 2 is 0.689 bits per heavy atom. The minimum atomic E-state index is -1.36. The van der Waals surface area contributed by atoms with Crippen molar-refractivity contribution in [2.75, 3.05) is 139 Å². The van der Waals surface area contributed by atoms with Crippen molar-refractivity contribution >= 4 is 58.0 Å². The number of nitrogens with zero attached hydrogens (tertiary/aromatic N) is 6. The molecule has 132 heavy (non-hydrogen) atoms. The van der Waals surface area contributed by atoms with Crippen LogP contribution in [0.5, 0.6) is 80.5 Å². The number of aromatic nitrogens is 2. The van der Waals surface area contributed by atoms with Crippen LogP contribution < -0.4 is 86.5 Å². The number of likely N-dealkylation sites (N-methyl/N-ethyl adjacent to an activating group) is 3. The predicted molar refractivity (Wildman–Crippen MR) is 491 cm³/mol. The molecular formula is C105H97N7O20. The van der Waals surface area contributed by atoms with Gasteiger partial charge in [-0.2, -0.15) is 0 Å². The van der Waals surface area contributed by atoms with Gasteiger partial charge in [-0.25, -0.2) is 0 Å². The zero-order valence-electron chi connectivity index (χ0n) is 74.2. The number of amides is 5. The number of aryl methyl sites for hydroxylation is 4. The Labute approximate surface area is 762 Å². The lowest BCUT2D eigenvalue weighted by Crippen LogP contribution is -2.42. The zero-order chi connectivity index (χ0) is 91.1. The molecule has 27 heteroatoms. The van der Waals surface area contributed by atoms with Crippen LogP contribution in [0.15, 0.2) is 219 Å². The molecule has 0 aliphatic carbocycles. The van der Waals surface area contributed by atoms with Crippen molar-refractivity contribution in [1.82, 2.24) is 9.97 Å². The summed E-state index contributed by atoms with van der Waals surface area (Å²) in [6.07, 6.45) is 5.34. The van der Waals surface area contributed by atoms with Crippen LogP contribution in [0.4, 0.5) is 28.4 Å². The second kappa shape index (κ2) is 33.8. The Bertz CT molecular complexity index is 6540. The van der Waals surface area contributed by atoms with Crippen LogP contribution in [-0.2, 0) is 64.0 Å². The van der Waals surface area contributed by atoms with E-state index in [-0.39, 0.29) is 41.9 Å². The van der Waals surface area contributed by atoms with E-state index in [9.17, 15) is 34.2 Å². The van der Waals surface area contributed by atoms with Gasteiger partial charge in [0, 0.05) is 114 Å². The Morgan fingerprint density at radius 3 is 1.15 bits per heavy atom. The van der Waals surface area contributed by atoms with E-state index in [0.29, 0.717) is 172 Å². The molecule has 0 saturated carbocycles. The molecule has 5 atom stereocenters. The van der Waals surface area contributed by atoms with E-state index < -0.39 is 33.7 Å². The van der Waals surface area contributed by atoms with Crippen molar-refractivity contribution in [2.24, 2.45) is 0 Å². The number of aliphatic hydroxyl groups excluding tert-OH is 1. The molecule has 12 aromatic rings. The lowest BCUT2D eigenvalue weighted by atomic mass is 9.71. The van der Waals surface area contributed by atoms with Gasteiger partial charge in [0.2, 0.25) is 29.5 Å². The maximum atomic E-state index is 14.0. The van der Waals surface area contributed by atoms with E-state index >= 15 is 0 Å². The number of aliphatic hydroxyl groups is 1. The van der Waals surface area contributed by atoms with E-state index in [1.54, 1.807) is 35.2 Å². The lowest BCUT2D eigenvalue weighted by Gasteiger charge is -2.31. The third-order valence-corrected chi connectivity index (χ3v) is 27.2. The first-order valence-electron chi connectivity index (χ1n) is 44.3. The number of anilines is 5. The predicted octanol–water partition coefficient (Wildman–Crippen LogP) is 14.4. The van der Waals surface area contributed by atoms with Crippen molar-refractivity contribution in [3.63, 3.8) is 0 Å². The van der Waals surface area contributed by atoms with E-state index in [1.165, 1.54) is 22.2 Å². The number of fused-ring (bicyclic) bond motifs is 19. The van der Waals surface area contributed by atoms with Crippen molar-refractivity contribution in [3.8, 4) is 80.5 Å². The molecule has 13 aliphatic heterocycles. The second-order valence-electron chi connectivity index (χ2n) is 34.1. The van der Waals surface area contributed by atoms with Gasteiger partial charge in [0.15, 0.2) is 57.5 Å². The monoisotopic (exact) mass is 1780 g/mol. The van der Waals surface area contributed by atoms with E-state index in [1.807, 2.05) is 215 Å². The fraction of sp³-hybridized carbons (Fsp3) is 0.286. The fourth-order valence-corrected chi connectivity index (χ4v) is 20.6. The Hall–Kier alpha value is -15.0. The molecule has 2 aromatic heterocycles. The summed E-state index contributed by atoms with van der Waals surface area (Å²) < 4.78 is 74.3. The first kappa shape index (κ1) is 85.1.